The van der Waals surface area contributed by atoms with E-state index in [1.165, 1.54) is 25.4 Å². The number of carbonyl (C=O) groups is 1. The molecule has 1 heterocycles. The summed E-state index contributed by atoms with van der Waals surface area (Å²) in [6, 6.07) is 2.77. The Balaban J connectivity index is 2.67. The molecule has 0 radical (unpaired) electrons. The van der Waals surface area contributed by atoms with Crippen LogP contribution in [0, 0.1) is 10.1 Å². The number of aliphatic carboxylic acids is 1. The maximum absolute atomic E-state index is 10.7. The summed E-state index contributed by atoms with van der Waals surface area (Å²) in [4.78, 5) is 24.5. The van der Waals surface area contributed by atoms with E-state index in [0.717, 1.165) is 0 Å². The lowest BCUT2D eigenvalue weighted by Crippen LogP contribution is -2.25. The van der Waals surface area contributed by atoms with Crippen LogP contribution in [0.3, 0.4) is 0 Å². The van der Waals surface area contributed by atoms with Gasteiger partial charge in [0.05, 0.1) is 17.4 Å². The quantitative estimate of drug-likeness (QED) is 0.549. The molecular formula is C10H13N3O5. The number of nitrogens with one attached hydrogen (secondary N) is 1. The number of hydrogen-bond donors (Lipinski definition) is 2. The van der Waals surface area contributed by atoms with E-state index in [9.17, 15) is 14.9 Å². The first-order chi connectivity index (χ1) is 8.54. The van der Waals surface area contributed by atoms with Crippen molar-refractivity contribution in [1.82, 2.24) is 4.98 Å². The van der Waals surface area contributed by atoms with E-state index in [1.54, 1.807) is 0 Å². The number of ether oxygens (including phenoxy) is 1. The number of hydrogen-bond acceptors (Lipinski definition) is 6. The third kappa shape index (κ3) is 3.98. The Labute approximate surface area is 103 Å². The summed E-state index contributed by atoms with van der Waals surface area (Å²) >= 11 is 0. The van der Waals surface area contributed by atoms with Crippen molar-refractivity contribution in [3.05, 3.63) is 28.4 Å². The summed E-state index contributed by atoms with van der Waals surface area (Å²) in [6.45, 7) is 0.126. The fourth-order valence-electron chi connectivity index (χ4n) is 1.32. The van der Waals surface area contributed by atoms with E-state index in [2.05, 4.69) is 10.3 Å². The summed E-state index contributed by atoms with van der Waals surface area (Å²) in [5.74, 6) is -0.908. The molecule has 0 aliphatic rings. The number of nitrogens with zero attached hydrogens (tertiary/aromatic N) is 2. The van der Waals surface area contributed by atoms with Crippen molar-refractivity contribution in [2.45, 2.75) is 12.5 Å². The first-order valence-electron chi connectivity index (χ1n) is 5.12. The minimum absolute atomic E-state index is 0.0925. The Morgan fingerprint density at radius 3 is 3.00 bits per heavy atom. The van der Waals surface area contributed by atoms with Crippen LogP contribution >= 0.6 is 0 Å². The van der Waals surface area contributed by atoms with Gasteiger partial charge in [-0.2, -0.15) is 0 Å². The van der Waals surface area contributed by atoms with Crippen molar-refractivity contribution in [3.63, 3.8) is 0 Å². The second-order valence-electron chi connectivity index (χ2n) is 3.46. The van der Waals surface area contributed by atoms with E-state index < -0.39 is 17.0 Å². The molecule has 1 aromatic heterocycles. The molecule has 0 amide bonds. The van der Waals surface area contributed by atoms with Gasteiger partial charge in [-0.3, -0.25) is 14.9 Å². The smallest absolute Gasteiger partial charge is 0.311 e. The Hall–Kier alpha value is -2.22. The third-order valence-corrected chi connectivity index (χ3v) is 2.22. The highest BCUT2D eigenvalue weighted by molar-refractivity contribution is 5.67. The van der Waals surface area contributed by atoms with Crippen molar-refractivity contribution < 1.29 is 19.6 Å². The number of aromatic nitrogens is 1. The molecule has 1 unspecified atom stereocenters. The Morgan fingerprint density at radius 1 is 1.72 bits per heavy atom. The molecule has 0 spiro atoms. The monoisotopic (exact) mass is 255 g/mol. The molecule has 98 valence electrons. The lowest BCUT2D eigenvalue weighted by molar-refractivity contribution is -0.384. The molecule has 0 aliphatic heterocycles. The molecular weight excluding hydrogens is 242 g/mol. The molecule has 8 nitrogen and oxygen atoms in total. The second kappa shape index (κ2) is 6.50. The Morgan fingerprint density at radius 2 is 2.44 bits per heavy atom. The van der Waals surface area contributed by atoms with Gasteiger partial charge >= 0.3 is 11.7 Å². The number of anilines is 1. The summed E-state index contributed by atoms with van der Waals surface area (Å²) in [5, 5.41) is 22.0. The van der Waals surface area contributed by atoms with Crippen molar-refractivity contribution >= 4 is 17.5 Å². The molecule has 0 bridgehead atoms. The van der Waals surface area contributed by atoms with Gasteiger partial charge < -0.3 is 15.2 Å². The SMILES string of the molecule is COC(CNc1ncccc1[N+](=O)[O-])CC(=O)O. The third-order valence-electron chi connectivity index (χ3n) is 2.22. The van der Waals surface area contributed by atoms with E-state index >= 15 is 0 Å². The first kappa shape index (κ1) is 13.8. The van der Waals surface area contributed by atoms with Crippen LogP contribution in [-0.4, -0.2) is 40.7 Å². The summed E-state index contributed by atoms with van der Waals surface area (Å²) in [7, 11) is 1.38. The van der Waals surface area contributed by atoms with E-state index in [0.29, 0.717) is 0 Å². The van der Waals surface area contributed by atoms with Crippen molar-refractivity contribution in [3.8, 4) is 0 Å². The Bertz CT molecular complexity index is 437. The minimum Gasteiger partial charge on any atom is -0.481 e. The van der Waals surface area contributed by atoms with Gasteiger partial charge in [0.2, 0.25) is 5.82 Å². The fraction of sp³-hybridized carbons (Fsp3) is 0.400. The fourth-order valence-corrected chi connectivity index (χ4v) is 1.32. The lowest BCUT2D eigenvalue weighted by Gasteiger charge is -2.14. The summed E-state index contributed by atoms with van der Waals surface area (Å²) in [5.41, 5.74) is -0.164. The predicted octanol–water partition coefficient (Wildman–Crippen LogP) is 0.891. The van der Waals surface area contributed by atoms with Gasteiger partial charge in [0.1, 0.15) is 0 Å². The zero-order chi connectivity index (χ0) is 13.5. The molecule has 0 aliphatic carbocycles. The van der Waals surface area contributed by atoms with Crippen LogP contribution in [-0.2, 0) is 9.53 Å². The maximum atomic E-state index is 10.7. The summed E-state index contributed by atoms with van der Waals surface area (Å²) in [6.07, 6.45) is 0.641. The largest absolute Gasteiger partial charge is 0.481 e. The molecule has 2 N–H and O–H groups in total. The van der Waals surface area contributed by atoms with Gasteiger partial charge in [-0.15, -0.1) is 0 Å². The van der Waals surface area contributed by atoms with Crippen molar-refractivity contribution in [2.75, 3.05) is 19.0 Å². The van der Waals surface area contributed by atoms with Crippen LogP contribution in [0.15, 0.2) is 18.3 Å². The molecule has 18 heavy (non-hydrogen) atoms. The summed E-state index contributed by atoms with van der Waals surface area (Å²) < 4.78 is 4.94. The van der Waals surface area contributed by atoms with Crippen molar-refractivity contribution in [2.24, 2.45) is 0 Å². The van der Waals surface area contributed by atoms with E-state index in [4.69, 9.17) is 9.84 Å². The molecule has 0 aromatic carbocycles. The molecule has 0 saturated carbocycles. The molecule has 1 atom stereocenters. The second-order valence-corrected chi connectivity index (χ2v) is 3.46. The zero-order valence-corrected chi connectivity index (χ0v) is 9.70. The predicted molar refractivity (Wildman–Crippen MR) is 62.4 cm³/mol. The molecule has 1 rings (SSSR count). The molecule has 8 heteroatoms. The normalized spacial score (nSPS) is 11.8. The van der Waals surface area contributed by atoms with Gasteiger partial charge in [-0.05, 0) is 6.07 Å². The topological polar surface area (TPSA) is 115 Å². The Kier molecular flexibility index (Phi) is 5.00. The number of pyridine rings is 1. The van der Waals surface area contributed by atoms with Gasteiger partial charge in [0.25, 0.3) is 0 Å². The number of nitro groups is 1. The maximum Gasteiger partial charge on any atom is 0.311 e. The lowest BCUT2D eigenvalue weighted by atomic mass is 10.2. The average molecular weight is 255 g/mol. The highest BCUT2D eigenvalue weighted by atomic mass is 16.6. The van der Waals surface area contributed by atoms with Crippen LogP contribution in [0.5, 0.6) is 0 Å². The standard InChI is InChI=1S/C10H13N3O5/c1-18-7(5-9(14)15)6-12-10-8(13(16)17)3-2-4-11-10/h2-4,7H,5-6H2,1H3,(H,11,12)(H,14,15). The van der Waals surface area contributed by atoms with Crippen LogP contribution in [0.4, 0.5) is 11.5 Å². The average Bonchev–Trinajstić information content (AvgIpc) is 2.34. The van der Waals surface area contributed by atoms with Gasteiger partial charge in [-0.1, -0.05) is 0 Å². The van der Waals surface area contributed by atoms with Gasteiger partial charge in [0.15, 0.2) is 0 Å². The van der Waals surface area contributed by atoms with Crippen LogP contribution < -0.4 is 5.32 Å². The molecule has 1 aromatic rings. The van der Waals surface area contributed by atoms with Gasteiger partial charge in [-0.25, -0.2) is 4.98 Å². The highest BCUT2D eigenvalue weighted by Crippen LogP contribution is 2.20. The first-order valence-corrected chi connectivity index (χ1v) is 5.12. The van der Waals surface area contributed by atoms with E-state index in [-0.39, 0.29) is 24.5 Å². The van der Waals surface area contributed by atoms with Crippen LogP contribution in [0.2, 0.25) is 0 Å². The minimum atomic E-state index is -1.00. The number of methoxy groups -OCH3 is 1. The van der Waals surface area contributed by atoms with Crippen LogP contribution in [0.1, 0.15) is 6.42 Å². The number of rotatable bonds is 7. The zero-order valence-electron chi connectivity index (χ0n) is 9.70. The van der Waals surface area contributed by atoms with Crippen LogP contribution in [0.25, 0.3) is 0 Å². The van der Waals surface area contributed by atoms with Gasteiger partial charge in [0, 0.05) is 25.9 Å². The van der Waals surface area contributed by atoms with E-state index in [1.807, 2.05) is 0 Å². The highest BCUT2D eigenvalue weighted by Gasteiger charge is 2.17. The molecule has 0 saturated heterocycles. The molecule has 0 fully saturated rings. The number of carboxylic acid groups (broad SMARTS) is 1. The van der Waals surface area contributed by atoms with Crippen molar-refractivity contribution in [1.29, 1.82) is 0 Å². The number of carboxylic acids is 1.